The second-order valence-electron chi connectivity index (χ2n) is 10.7. The maximum atomic E-state index is 12.0. The molecule has 4 nitrogen and oxygen atoms in total. The molecule has 160 valence electrons. The highest BCUT2D eigenvalue weighted by atomic mass is 16.5. The predicted molar refractivity (Wildman–Crippen MR) is 120 cm³/mol. The van der Waals surface area contributed by atoms with E-state index < -0.39 is 5.97 Å². The fraction of sp³-hybridized carbons (Fsp3) is 0.462. The van der Waals surface area contributed by atoms with Crippen LogP contribution < -0.4 is 0 Å². The maximum Gasteiger partial charge on any atom is 0.354 e. The molecule has 0 aromatic heterocycles. The van der Waals surface area contributed by atoms with E-state index >= 15 is 0 Å². The van der Waals surface area contributed by atoms with Crippen molar-refractivity contribution in [2.24, 2.45) is 16.2 Å². The van der Waals surface area contributed by atoms with Crippen LogP contribution in [0.25, 0.3) is 0 Å². The highest BCUT2D eigenvalue weighted by molar-refractivity contribution is 5.98. The van der Waals surface area contributed by atoms with Gasteiger partial charge < -0.3 is 9.47 Å². The Morgan fingerprint density at radius 2 is 1.30 bits per heavy atom. The third-order valence-electron chi connectivity index (χ3n) is 4.71. The van der Waals surface area contributed by atoms with Gasteiger partial charge in [-0.05, 0) is 29.2 Å². The van der Waals surface area contributed by atoms with Gasteiger partial charge in [-0.2, -0.15) is 5.26 Å². The van der Waals surface area contributed by atoms with Crippen LogP contribution in [0.1, 0.15) is 62.3 Å². The number of cyclic esters (lactones) is 1. The number of rotatable bonds is 2. The van der Waals surface area contributed by atoms with Crippen LogP contribution in [0.15, 0.2) is 70.5 Å². The molecule has 2 rings (SSSR count). The minimum absolute atomic E-state index is 0.0837. The lowest BCUT2D eigenvalue weighted by Crippen LogP contribution is -2.21. The molecular weight excluding hydrogens is 374 g/mol. The lowest BCUT2D eigenvalue weighted by atomic mass is 9.83. The largest absolute Gasteiger partial charge is 0.465 e. The first-order valence-electron chi connectivity index (χ1n) is 10.2. The van der Waals surface area contributed by atoms with Crippen molar-refractivity contribution in [1.29, 1.82) is 5.26 Å². The van der Waals surface area contributed by atoms with Crippen molar-refractivity contribution in [2.45, 2.75) is 62.3 Å². The Bertz CT molecular complexity index is 922. The van der Waals surface area contributed by atoms with Crippen molar-refractivity contribution in [3.05, 3.63) is 70.5 Å². The Balaban J connectivity index is 2.38. The Hall–Kier alpha value is -2.80. The summed E-state index contributed by atoms with van der Waals surface area (Å²) in [5, 5.41) is 9.32. The summed E-state index contributed by atoms with van der Waals surface area (Å²) in [6.45, 7) is 18.7. The van der Waals surface area contributed by atoms with Crippen molar-refractivity contribution in [1.82, 2.24) is 0 Å². The first-order chi connectivity index (χ1) is 13.6. The summed E-state index contributed by atoms with van der Waals surface area (Å²) in [6, 6.07) is 1.98. The molecule has 0 radical (unpaired) electrons. The molecule has 2 aliphatic rings. The number of nitriles is 1. The van der Waals surface area contributed by atoms with Gasteiger partial charge in [0.15, 0.2) is 0 Å². The van der Waals surface area contributed by atoms with Crippen molar-refractivity contribution < 1.29 is 14.3 Å². The molecule has 0 saturated carbocycles. The quantitative estimate of drug-likeness (QED) is 0.480. The predicted octanol–water partition coefficient (Wildman–Crippen LogP) is 6.67. The Kier molecular flexibility index (Phi) is 6.37. The molecule has 0 aliphatic carbocycles. The van der Waals surface area contributed by atoms with Crippen molar-refractivity contribution in [3.8, 4) is 6.07 Å². The molecule has 2 aliphatic heterocycles. The lowest BCUT2D eigenvalue weighted by molar-refractivity contribution is -0.132. The smallest absolute Gasteiger partial charge is 0.354 e. The van der Waals surface area contributed by atoms with E-state index in [4.69, 9.17) is 9.47 Å². The SMILES string of the molecule is CC(C)(C)C1=CC(=C/C=C/C=C2\OC(=O)C(C#N)=C2C(C)(C)C)C=C(C(C)(C)C)O1. The van der Waals surface area contributed by atoms with E-state index in [2.05, 4.69) is 53.7 Å². The molecule has 0 N–H and O–H groups in total. The summed E-state index contributed by atoms with van der Waals surface area (Å²) in [5.41, 5.74) is 1.19. The second kappa shape index (κ2) is 8.14. The lowest BCUT2D eigenvalue weighted by Gasteiger charge is -2.32. The van der Waals surface area contributed by atoms with Crippen LogP contribution >= 0.6 is 0 Å². The number of carbonyl (C=O) groups is 1. The van der Waals surface area contributed by atoms with Gasteiger partial charge in [-0.1, -0.05) is 80.5 Å². The molecule has 0 saturated heterocycles. The van der Waals surface area contributed by atoms with Gasteiger partial charge in [-0.3, -0.25) is 0 Å². The highest BCUT2D eigenvalue weighted by Gasteiger charge is 2.36. The van der Waals surface area contributed by atoms with Crippen LogP contribution in [0, 0.1) is 27.6 Å². The number of hydrogen-bond donors (Lipinski definition) is 0. The molecule has 0 bridgehead atoms. The van der Waals surface area contributed by atoms with Crippen LogP contribution in [-0.4, -0.2) is 5.97 Å². The van der Waals surface area contributed by atoms with E-state index in [1.54, 1.807) is 6.08 Å². The minimum atomic E-state index is -0.583. The monoisotopic (exact) mass is 407 g/mol. The minimum Gasteiger partial charge on any atom is -0.465 e. The van der Waals surface area contributed by atoms with Gasteiger partial charge in [0.25, 0.3) is 0 Å². The van der Waals surface area contributed by atoms with Crippen LogP contribution in [0.3, 0.4) is 0 Å². The van der Waals surface area contributed by atoms with Crippen molar-refractivity contribution in [3.63, 3.8) is 0 Å². The number of ether oxygens (including phenoxy) is 2. The zero-order chi connectivity index (χ0) is 22.9. The molecular formula is C26H33NO3. The van der Waals surface area contributed by atoms with E-state index in [0.29, 0.717) is 11.3 Å². The molecule has 0 unspecified atom stereocenters. The zero-order valence-electron chi connectivity index (χ0n) is 19.6. The van der Waals surface area contributed by atoms with E-state index in [0.717, 1.165) is 17.1 Å². The van der Waals surface area contributed by atoms with Crippen LogP contribution in [-0.2, 0) is 14.3 Å². The molecule has 0 atom stereocenters. The average Bonchev–Trinajstić information content (AvgIpc) is 2.92. The highest BCUT2D eigenvalue weighted by Crippen LogP contribution is 2.40. The van der Waals surface area contributed by atoms with Gasteiger partial charge in [0, 0.05) is 16.4 Å². The van der Waals surface area contributed by atoms with Gasteiger partial charge in [-0.15, -0.1) is 0 Å². The molecule has 4 heteroatoms. The average molecular weight is 408 g/mol. The first kappa shape index (κ1) is 23.5. The fourth-order valence-corrected chi connectivity index (χ4v) is 3.06. The Morgan fingerprint density at radius 3 is 1.73 bits per heavy atom. The van der Waals surface area contributed by atoms with E-state index in [9.17, 15) is 10.1 Å². The third kappa shape index (κ3) is 5.42. The maximum absolute atomic E-state index is 12.0. The normalized spacial score (nSPS) is 19.5. The van der Waals surface area contributed by atoms with Gasteiger partial charge >= 0.3 is 5.97 Å². The van der Waals surface area contributed by atoms with Gasteiger partial charge in [-0.25, -0.2) is 4.79 Å². The summed E-state index contributed by atoms with van der Waals surface area (Å²) >= 11 is 0. The third-order valence-corrected chi connectivity index (χ3v) is 4.71. The number of carbonyl (C=O) groups excluding carboxylic acids is 1. The fourth-order valence-electron chi connectivity index (χ4n) is 3.06. The van der Waals surface area contributed by atoms with Crippen LogP contribution in [0.4, 0.5) is 0 Å². The van der Waals surface area contributed by atoms with Crippen molar-refractivity contribution in [2.75, 3.05) is 0 Å². The molecule has 2 heterocycles. The van der Waals surface area contributed by atoms with Gasteiger partial charge in [0.1, 0.15) is 28.9 Å². The number of hydrogen-bond acceptors (Lipinski definition) is 4. The van der Waals surface area contributed by atoms with E-state index in [1.165, 1.54) is 0 Å². The summed E-state index contributed by atoms with van der Waals surface area (Å²) in [4.78, 5) is 12.0. The number of nitrogens with zero attached hydrogens (tertiary/aromatic N) is 1. The zero-order valence-corrected chi connectivity index (χ0v) is 19.6. The van der Waals surface area contributed by atoms with Crippen LogP contribution in [0.2, 0.25) is 0 Å². The standard InChI is InChI=1S/C26H33NO3/c1-24(2,3)20-14-17(15-21(30-20)25(4,5)6)12-10-11-13-19-22(26(7,8)9)18(16-27)23(28)29-19/h10-15H,1-9H3/b11-10+,19-13-. The summed E-state index contributed by atoms with van der Waals surface area (Å²) < 4.78 is 11.5. The van der Waals surface area contributed by atoms with E-state index in [1.807, 2.05) is 45.1 Å². The van der Waals surface area contributed by atoms with Gasteiger partial charge in [0.05, 0.1) is 0 Å². The van der Waals surface area contributed by atoms with Crippen molar-refractivity contribution >= 4 is 5.97 Å². The molecule has 0 aromatic carbocycles. The van der Waals surface area contributed by atoms with Crippen LogP contribution in [0.5, 0.6) is 0 Å². The second-order valence-corrected chi connectivity index (χ2v) is 10.7. The number of allylic oxidation sites excluding steroid dienone is 10. The molecule has 0 amide bonds. The molecule has 0 spiro atoms. The molecule has 0 aromatic rings. The van der Waals surface area contributed by atoms with E-state index in [-0.39, 0.29) is 21.8 Å². The number of esters is 1. The van der Waals surface area contributed by atoms with Gasteiger partial charge in [0.2, 0.25) is 0 Å². The summed E-state index contributed by atoms with van der Waals surface area (Å²) in [7, 11) is 0. The topological polar surface area (TPSA) is 59.3 Å². The Labute approximate surface area is 180 Å². The molecule has 30 heavy (non-hydrogen) atoms. The molecule has 0 fully saturated rings. The summed E-state index contributed by atoms with van der Waals surface area (Å²) in [6.07, 6.45) is 11.6. The first-order valence-corrected chi connectivity index (χ1v) is 10.2. The Morgan fingerprint density at radius 1 is 0.800 bits per heavy atom. The summed E-state index contributed by atoms with van der Waals surface area (Å²) in [5.74, 6) is 1.70.